The van der Waals surface area contributed by atoms with Gasteiger partial charge in [-0.1, -0.05) is 30.3 Å². The molecule has 1 aromatic rings. The van der Waals surface area contributed by atoms with Crippen LogP contribution in [0.3, 0.4) is 0 Å². The molecule has 0 unspecified atom stereocenters. The van der Waals surface area contributed by atoms with Gasteiger partial charge in [-0.2, -0.15) is 0 Å². The Balaban J connectivity index is 1.19. The lowest BCUT2D eigenvalue weighted by Crippen LogP contribution is -2.58. The quantitative estimate of drug-likeness (QED) is 0.754. The first-order valence-electron chi connectivity index (χ1n) is 10.9. The molecule has 148 valence electrons. The van der Waals surface area contributed by atoms with Crippen molar-refractivity contribution in [2.75, 3.05) is 26.2 Å². The summed E-state index contributed by atoms with van der Waals surface area (Å²) in [6.45, 7) is 2.67. The third-order valence-electron chi connectivity index (χ3n) is 7.59. The maximum absolute atomic E-state index is 13.4. The molecule has 1 heterocycles. The lowest BCUT2D eigenvalue weighted by Gasteiger charge is -2.57. The van der Waals surface area contributed by atoms with Crippen LogP contribution in [0.2, 0.25) is 0 Å². The van der Waals surface area contributed by atoms with Crippen LogP contribution in [-0.4, -0.2) is 47.8 Å². The molecule has 0 radical (unpaired) electrons. The maximum atomic E-state index is 13.4. The van der Waals surface area contributed by atoms with E-state index in [2.05, 4.69) is 4.90 Å². The molecule has 2 amide bonds. The average molecular weight is 379 g/mol. The molecule has 4 nitrogen and oxygen atoms in total. The van der Waals surface area contributed by atoms with Crippen molar-refractivity contribution in [2.24, 2.45) is 23.2 Å². The molecule has 1 aromatic carbocycles. The number of amides is 2. The normalized spacial score (nSPS) is 34.2. The van der Waals surface area contributed by atoms with Crippen molar-refractivity contribution in [1.82, 2.24) is 9.80 Å². The van der Waals surface area contributed by atoms with Gasteiger partial charge < -0.3 is 9.80 Å². The molecular formula is C24H30N2O2. The Morgan fingerprint density at radius 2 is 1.36 bits per heavy atom. The Morgan fingerprint density at radius 1 is 0.821 bits per heavy atom. The van der Waals surface area contributed by atoms with Crippen LogP contribution in [0.15, 0.2) is 36.4 Å². The van der Waals surface area contributed by atoms with Crippen molar-refractivity contribution < 1.29 is 9.59 Å². The Bertz CT molecular complexity index is 742. The molecule has 5 fully saturated rings. The van der Waals surface area contributed by atoms with Crippen LogP contribution in [0.1, 0.15) is 44.1 Å². The Kier molecular flexibility index (Phi) is 4.53. The highest BCUT2D eigenvalue weighted by atomic mass is 16.2. The highest BCUT2D eigenvalue weighted by Crippen LogP contribution is 2.60. The standard InChI is InChI=1S/C24H30N2O2/c27-22(7-6-18-4-2-1-3-5-18)25-8-10-26(11-9-25)23(28)24-15-19-12-20(16-24)14-21(13-19)17-24/h1-7,19-21H,8-17H2. The molecule has 4 aliphatic carbocycles. The third-order valence-corrected chi connectivity index (χ3v) is 7.59. The molecule has 1 aliphatic heterocycles. The molecule has 1 saturated heterocycles. The lowest BCUT2D eigenvalue weighted by atomic mass is 9.49. The summed E-state index contributed by atoms with van der Waals surface area (Å²) in [4.78, 5) is 29.9. The van der Waals surface area contributed by atoms with Gasteiger partial charge in [0.15, 0.2) is 0 Å². The molecule has 5 aliphatic rings. The van der Waals surface area contributed by atoms with Gasteiger partial charge in [0.1, 0.15) is 0 Å². The third kappa shape index (κ3) is 3.27. The Labute approximate surface area is 167 Å². The molecule has 0 aromatic heterocycles. The second-order valence-electron chi connectivity index (χ2n) is 9.56. The molecule has 0 spiro atoms. The van der Waals surface area contributed by atoms with Gasteiger partial charge in [0.25, 0.3) is 0 Å². The number of rotatable bonds is 3. The van der Waals surface area contributed by atoms with E-state index in [1.54, 1.807) is 6.08 Å². The number of hydrogen-bond donors (Lipinski definition) is 0. The van der Waals surface area contributed by atoms with E-state index in [-0.39, 0.29) is 11.3 Å². The maximum Gasteiger partial charge on any atom is 0.246 e. The van der Waals surface area contributed by atoms with Gasteiger partial charge in [0.05, 0.1) is 5.41 Å². The molecule has 4 saturated carbocycles. The zero-order valence-corrected chi connectivity index (χ0v) is 16.6. The van der Waals surface area contributed by atoms with E-state index >= 15 is 0 Å². The predicted octanol–water partition coefficient (Wildman–Crippen LogP) is 3.59. The minimum atomic E-state index is -0.0614. The van der Waals surface area contributed by atoms with Crippen molar-refractivity contribution in [3.8, 4) is 0 Å². The fourth-order valence-electron chi connectivity index (χ4n) is 6.67. The van der Waals surface area contributed by atoms with Crippen LogP contribution >= 0.6 is 0 Å². The largest absolute Gasteiger partial charge is 0.339 e. The second-order valence-corrected chi connectivity index (χ2v) is 9.56. The van der Waals surface area contributed by atoms with Crippen LogP contribution in [0.5, 0.6) is 0 Å². The van der Waals surface area contributed by atoms with E-state index in [1.165, 1.54) is 19.3 Å². The first-order valence-corrected chi connectivity index (χ1v) is 10.9. The summed E-state index contributed by atoms with van der Waals surface area (Å²) in [5.74, 6) is 2.83. The molecular weight excluding hydrogens is 348 g/mol. The number of piperazine rings is 1. The summed E-state index contributed by atoms with van der Waals surface area (Å²) in [6.07, 6.45) is 11.0. The summed E-state index contributed by atoms with van der Waals surface area (Å²) in [5.41, 5.74) is 0.972. The zero-order chi connectivity index (χ0) is 19.1. The highest BCUT2D eigenvalue weighted by molar-refractivity contribution is 5.92. The summed E-state index contributed by atoms with van der Waals surface area (Å²) in [6, 6.07) is 9.90. The van der Waals surface area contributed by atoms with E-state index in [0.717, 1.165) is 42.6 Å². The number of carbonyl (C=O) groups excluding carboxylic acids is 2. The number of benzene rings is 1. The van der Waals surface area contributed by atoms with E-state index in [0.29, 0.717) is 32.1 Å². The fourth-order valence-corrected chi connectivity index (χ4v) is 6.67. The molecule has 6 rings (SSSR count). The summed E-state index contributed by atoms with van der Waals surface area (Å²) < 4.78 is 0. The monoisotopic (exact) mass is 378 g/mol. The van der Waals surface area contributed by atoms with Crippen LogP contribution in [0, 0.1) is 23.2 Å². The summed E-state index contributed by atoms with van der Waals surface area (Å²) in [5, 5.41) is 0. The Hall–Kier alpha value is -2.10. The van der Waals surface area contributed by atoms with Crippen LogP contribution in [0.4, 0.5) is 0 Å². The lowest BCUT2D eigenvalue weighted by molar-refractivity contribution is -0.160. The number of nitrogens with zero attached hydrogens (tertiary/aromatic N) is 2. The van der Waals surface area contributed by atoms with Crippen LogP contribution in [-0.2, 0) is 9.59 Å². The first kappa shape index (κ1) is 18.0. The molecule has 0 N–H and O–H groups in total. The van der Waals surface area contributed by atoms with Gasteiger partial charge in [-0.3, -0.25) is 9.59 Å². The topological polar surface area (TPSA) is 40.6 Å². The smallest absolute Gasteiger partial charge is 0.246 e. The second kappa shape index (κ2) is 7.06. The summed E-state index contributed by atoms with van der Waals surface area (Å²) >= 11 is 0. The van der Waals surface area contributed by atoms with Gasteiger partial charge >= 0.3 is 0 Å². The van der Waals surface area contributed by atoms with Crippen molar-refractivity contribution in [2.45, 2.75) is 38.5 Å². The van der Waals surface area contributed by atoms with Crippen molar-refractivity contribution in [1.29, 1.82) is 0 Å². The SMILES string of the molecule is O=C(C=Cc1ccccc1)N1CCN(C(=O)C23CC4CC(CC(C4)C2)C3)CC1. The van der Waals surface area contributed by atoms with Gasteiger partial charge in [-0.25, -0.2) is 0 Å². The first-order chi connectivity index (χ1) is 13.6. The van der Waals surface area contributed by atoms with E-state index in [4.69, 9.17) is 0 Å². The molecule has 4 heteroatoms. The number of carbonyl (C=O) groups is 2. The van der Waals surface area contributed by atoms with Gasteiger partial charge in [-0.05, 0) is 67.9 Å². The highest BCUT2D eigenvalue weighted by Gasteiger charge is 2.55. The van der Waals surface area contributed by atoms with E-state index in [9.17, 15) is 9.59 Å². The Morgan fingerprint density at radius 3 is 1.93 bits per heavy atom. The van der Waals surface area contributed by atoms with Crippen LogP contribution < -0.4 is 0 Å². The van der Waals surface area contributed by atoms with E-state index in [1.807, 2.05) is 41.3 Å². The molecule has 28 heavy (non-hydrogen) atoms. The van der Waals surface area contributed by atoms with Gasteiger partial charge in [0.2, 0.25) is 11.8 Å². The van der Waals surface area contributed by atoms with Gasteiger partial charge in [0, 0.05) is 32.3 Å². The van der Waals surface area contributed by atoms with Crippen molar-refractivity contribution >= 4 is 17.9 Å². The van der Waals surface area contributed by atoms with Crippen molar-refractivity contribution in [3.05, 3.63) is 42.0 Å². The predicted molar refractivity (Wildman–Crippen MR) is 109 cm³/mol. The molecule has 0 atom stereocenters. The fraction of sp³-hybridized carbons (Fsp3) is 0.583. The van der Waals surface area contributed by atoms with Crippen molar-refractivity contribution in [3.63, 3.8) is 0 Å². The zero-order valence-electron chi connectivity index (χ0n) is 16.6. The minimum Gasteiger partial charge on any atom is -0.339 e. The average Bonchev–Trinajstić information content (AvgIpc) is 2.71. The van der Waals surface area contributed by atoms with Crippen LogP contribution in [0.25, 0.3) is 6.08 Å². The minimum absolute atomic E-state index is 0.0470. The van der Waals surface area contributed by atoms with Gasteiger partial charge in [-0.15, -0.1) is 0 Å². The van der Waals surface area contributed by atoms with E-state index < -0.39 is 0 Å². The summed E-state index contributed by atoms with van der Waals surface area (Å²) in [7, 11) is 0. The molecule has 4 bridgehead atoms. The number of hydrogen-bond acceptors (Lipinski definition) is 2.